The molecule has 0 radical (unpaired) electrons. The molecule has 1 amide bonds. The first-order valence-corrected chi connectivity index (χ1v) is 9.84. The van der Waals surface area contributed by atoms with Gasteiger partial charge in [-0.3, -0.25) is 4.79 Å². The van der Waals surface area contributed by atoms with Crippen LogP contribution in [0.3, 0.4) is 0 Å². The van der Waals surface area contributed by atoms with Gasteiger partial charge in [0, 0.05) is 18.7 Å². The number of benzene rings is 1. The van der Waals surface area contributed by atoms with Crippen LogP contribution >= 0.6 is 11.6 Å². The molecule has 0 fully saturated rings. The van der Waals surface area contributed by atoms with Crippen LogP contribution in [0.2, 0.25) is 0 Å². The summed E-state index contributed by atoms with van der Waals surface area (Å²) in [6, 6.07) is 7.85. The molecule has 0 bridgehead atoms. The standard InChI is InChI=1S/C19H22ClNO.C3H6.C2H6/c1-5-16-10-11-21(12-14(16)3)19(22)15(4)18(20)17-9-7-6-8-13(17)2;1-3-2;1-2/h5-9H,1,10-12H2,2-4H3;3H,1H2,2H3;1-2H3/b18-15-;;. The van der Waals surface area contributed by atoms with Crippen molar-refractivity contribution in [2.24, 2.45) is 0 Å². The third kappa shape index (κ3) is 7.22. The van der Waals surface area contributed by atoms with Gasteiger partial charge in [-0.2, -0.15) is 0 Å². The van der Waals surface area contributed by atoms with Crippen LogP contribution in [0.15, 0.2) is 66.3 Å². The zero-order valence-corrected chi connectivity index (χ0v) is 18.5. The normalized spacial score (nSPS) is 14.1. The minimum atomic E-state index is 0.00992. The molecule has 2 nitrogen and oxygen atoms in total. The number of carbonyl (C=O) groups excluding carboxylic acids is 1. The second kappa shape index (κ2) is 13.2. The molecule has 0 spiro atoms. The number of nitrogens with zero attached hydrogens (tertiary/aromatic N) is 1. The molecule has 0 atom stereocenters. The van der Waals surface area contributed by atoms with E-state index in [2.05, 4.69) is 20.1 Å². The average molecular weight is 388 g/mol. The highest BCUT2D eigenvalue weighted by Gasteiger charge is 2.22. The summed E-state index contributed by atoms with van der Waals surface area (Å²) in [6.07, 6.45) is 4.50. The lowest BCUT2D eigenvalue weighted by atomic mass is 10.00. The van der Waals surface area contributed by atoms with Crippen LogP contribution < -0.4 is 0 Å². The zero-order chi connectivity index (χ0) is 21.0. The van der Waals surface area contributed by atoms with Crippen molar-refractivity contribution in [2.45, 2.75) is 48.0 Å². The largest absolute Gasteiger partial charge is 0.335 e. The Hall–Kier alpha value is -2.06. The zero-order valence-electron chi connectivity index (χ0n) is 17.7. The first kappa shape index (κ1) is 24.9. The third-order valence-corrected chi connectivity index (χ3v) is 4.68. The summed E-state index contributed by atoms with van der Waals surface area (Å²) in [4.78, 5) is 14.6. The van der Waals surface area contributed by atoms with Crippen molar-refractivity contribution >= 4 is 22.5 Å². The molecule has 0 unspecified atom stereocenters. The van der Waals surface area contributed by atoms with E-state index >= 15 is 0 Å². The molecular weight excluding hydrogens is 354 g/mol. The number of hydrogen-bond donors (Lipinski definition) is 0. The Bertz CT molecular complexity index is 713. The Balaban J connectivity index is 0.00000123. The number of carbonyl (C=O) groups is 1. The number of hydrogen-bond acceptors (Lipinski definition) is 1. The first-order valence-electron chi connectivity index (χ1n) is 9.47. The van der Waals surface area contributed by atoms with E-state index < -0.39 is 0 Å². The maximum absolute atomic E-state index is 12.7. The number of halogens is 1. The fourth-order valence-corrected chi connectivity index (χ4v) is 3.03. The van der Waals surface area contributed by atoms with Crippen molar-refractivity contribution in [3.8, 4) is 0 Å². The molecular formula is C24H34ClNO. The lowest BCUT2D eigenvalue weighted by molar-refractivity contribution is -0.126. The van der Waals surface area contributed by atoms with E-state index in [9.17, 15) is 4.79 Å². The Morgan fingerprint density at radius 2 is 1.74 bits per heavy atom. The van der Waals surface area contributed by atoms with E-state index in [1.807, 2.05) is 62.9 Å². The summed E-state index contributed by atoms with van der Waals surface area (Å²) in [5.74, 6) is 0.00992. The van der Waals surface area contributed by atoms with Gasteiger partial charge in [0.1, 0.15) is 0 Å². The third-order valence-electron chi connectivity index (χ3n) is 4.19. The molecule has 148 valence electrons. The molecule has 0 N–H and O–H groups in total. The SMILES string of the molecule is C=CC.C=CC1=C(C)CN(C(=O)/C(C)=C(\Cl)c2ccccc2C)CC1.CC. The molecule has 1 aliphatic rings. The van der Waals surface area contributed by atoms with E-state index in [1.54, 1.807) is 13.0 Å². The molecule has 0 saturated carbocycles. The fourth-order valence-electron chi connectivity index (χ4n) is 2.74. The van der Waals surface area contributed by atoms with Gasteiger partial charge >= 0.3 is 0 Å². The quantitative estimate of drug-likeness (QED) is 0.407. The van der Waals surface area contributed by atoms with Gasteiger partial charge in [0.25, 0.3) is 5.91 Å². The van der Waals surface area contributed by atoms with Gasteiger partial charge in [0.15, 0.2) is 0 Å². The molecule has 2 rings (SSSR count). The van der Waals surface area contributed by atoms with Crippen molar-refractivity contribution in [2.75, 3.05) is 13.1 Å². The second-order valence-electron chi connectivity index (χ2n) is 6.15. The van der Waals surface area contributed by atoms with E-state index in [0.717, 1.165) is 17.5 Å². The predicted molar refractivity (Wildman–Crippen MR) is 121 cm³/mol. The maximum Gasteiger partial charge on any atom is 0.251 e. The van der Waals surface area contributed by atoms with Crippen LogP contribution in [0.25, 0.3) is 5.03 Å². The van der Waals surface area contributed by atoms with Gasteiger partial charge in [-0.1, -0.05) is 74.0 Å². The van der Waals surface area contributed by atoms with Crippen LogP contribution in [0.5, 0.6) is 0 Å². The van der Waals surface area contributed by atoms with Gasteiger partial charge < -0.3 is 4.90 Å². The molecule has 0 aliphatic carbocycles. The van der Waals surface area contributed by atoms with Crippen LogP contribution in [0.4, 0.5) is 0 Å². The topological polar surface area (TPSA) is 20.3 Å². The smallest absolute Gasteiger partial charge is 0.251 e. The van der Waals surface area contributed by atoms with Crippen LogP contribution in [-0.4, -0.2) is 23.9 Å². The number of allylic oxidation sites excluding steroid dienone is 2. The maximum atomic E-state index is 12.7. The van der Waals surface area contributed by atoms with Gasteiger partial charge in [0.05, 0.1) is 5.03 Å². The minimum absolute atomic E-state index is 0.00992. The summed E-state index contributed by atoms with van der Waals surface area (Å²) >= 11 is 6.47. The Morgan fingerprint density at radius 1 is 1.19 bits per heavy atom. The van der Waals surface area contributed by atoms with E-state index in [0.29, 0.717) is 23.7 Å². The number of amides is 1. The molecule has 1 aromatic rings. The van der Waals surface area contributed by atoms with Crippen molar-refractivity contribution in [1.29, 1.82) is 0 Å². The van der Waals surface area contributed by atoms with Crippen molar-refractivity contribution in [3.05, 3.63) is 77.4 Å². The monoisotopic (exact) mass is 387 g/mol. The van der Waals surface area contributed by atoms with Gasteiger partial charge in [-0.25, -0.2) is 0 Å². The Kier molecular flexibility index (Phi) is 12.2. The van der Waals surface area contributed by atoms with E-state index in [1.165, 1.54) is 11.1 Å². The molecule has 0 saturated heterocycles. The molecule has 27 heavy (non-hydrogen) atoms. The van der Waals surface area contributed by atoms with Crippen LogP contribution in [0.1, 0.15) is 52.2 Å². The lowest BCUT2D eigenvalue weighted by Gasteiger charge is -2.29. The predicted octanol–water partition coefficient (Wildman–Crippen LogP) is 6.92. The Morgan fingerprint density at radius 3 is 2.22 bits per heavy atom. The van der Waals surface area contributed by atoms with Crippen LogP contribution in [0, 0.1) is 6.92 Å². The number of rotatable bonds is 3. The highest BCUT2D eigenvalue weighted by Crippen LogP contribution is 2.28. The van der Waals surface area contributed by atoms with Crippen LogP contribution in [-0.2, 0) is 4.79 Å². The molecule has 1 aliphatic heterocycles. The van der Waals surface area contributed by atoms with Crippen molar-refractivity contribution < 1.29 is 4.79 Å². The van der Waals surface area contributed by atoms with Crippen molar-refractivity contribution in [3.63, 3.8) is 0 Å². The van der Waals surface area contributed by atoms with Crippen molar-refractivity contribution in [1.82, 2.24) is 4.90 Å². The number of aryl methyl sites for hydroxylation is 1. The van der Waals surface area contributed by atoms with Gasteiger partial charge in [-0.15, -0.1) is 6.58 Å². The molecule has 0 aromatic heterocycles. The summed E-state index contributed by atoms with van der Waals surface area (Å²) < 4.78 is 0. The highest BCUT2D eigenvalue weighted by atomic mass is 35.5. The Labute approximate surface area is 170 Å². The first-order chi connectivity index (χ1) is 12.9. The molecule has 3 heteroatoms. The van der Waals surface area contributed by atoms with Gasteiger partial charge in [0.2, 0.25) is 0 Å². The summed E-state index contributed by atoms with van der Waals surface area (Å²) in [5, 5.41) is 0.541. The summed E-state index contributed by atoms with van der Waals surface area (Å²) in [5.41, 5.74) is 5.05. The second-order valence-corrected chi connectivity index (χ2v) is 6.53. The summed E-state index contributed by atoms with van der Waals surface area (Å²) in [7, 11) is 0. The van der Waals surface area contributed by atoms with Gasteiger partial charge in [-0.05, 0) is 50.8 Å². The average Bonchev–Trinajstić information content (AvgIpc) is 2.68. The fraction of sp³-hybridized carbons (Fsp3) is 0.375. The lowest BCUT2D eigenvalue weighted by Crippen LogP contribution is -2.37. The molecule has 1 heterocycles. The van der Waals surface area contributed by atoms with E-state index in [4.69, 9.17) is 11.6 Å². The molecule has 1 aromatic carbocycles. The van der Waals surface area contributed by atoms with E-state index in [-0.39, 0.29) is 5.91 Å². The summed E-state index contributed by atoms with van der Waals surface area (Å²) in [6.45, 7) is 20.3. The highest BCUT2D eigenvalue weighted by molar-refractivity contribution is 6.51. The minimum Gasteiger partial charge on any atom is -0.335 e.